The normalized spacial score (nSPS) is 15.9. The number of pyridine rings is 1. The number of aryl methyl sites for hydroxylation is 1. The molecule has 3 rings (SSSR count). The zero-order valence-electron chi connectivity index (χ0n) is 15.8. The lowest BCUT2D eigenvalue weighted by Crippen LogP contribution is -2.35. The molecule has 26 heavy (non-hydrogen) atoms. The van der Waals surface area contributed by atoms with E-state index in [0.29, 0.717) is 18.1 Å². The number of carbonyl (C=O) groups excluding carboxylic acids is 1. The molecule has 3 heterocycles. The van der Waals surface area contributed by atoms with Gasteiger partial charge in [-0.15, -0.1) is 0 Å². The van der Waals surface area contributed by atoms with Gasteiger partial charge in [0, 0.05) is 57.6 Å². The Balaban J connectivity index is 1.60. The van der Waals surface area contributed by atoms with Crippen LogP contribution in [0.25, 0.3) is 0 Å². The predicted molar refractivity (Wildman–Crippen MR) is 99.0 cm³/mol. The Morgan fingerprint density at radius 1 is 1.23 bits per heavy atom. The smallest absolute Gasteiger partial charge is 0.272 e. The molecule has 0 saturated carbocycles. The van der Waals surface area contributed by atoms with E-state index < -0.39 is 0 Å². The summed E-state index contributed by atoms with van der Waals surface area (Å²) in [6, 6.07) is 5.37. The van der Waals surface area contributed by atoms with Crippen LogP contribution in [0.1, 0.15) is 36.3 Å². The molecule has 0 spiro atoms. The van der Waals surface area contributed by atoms with Crippen LogP contribution in [0.5, 0.6) is 5.88 Å². The van der Waals surface area contributed by atoms with Crippen molar-refractivity contribution in [2.24, 2.45) is 7.05 Å². The number of ether oxygens (including phenoxy) is 1. The lowest BCUT2D eigenvalue weighted by Gasteiger charge is -2.21. The zero-order chi connectivity index (χ0) is 18.5. The van der Waals surface area contributed by atoms with Crippen LogP contribution in [-0.4, -0.2) is 62.8 Å². The summed E-state index contributed by atoms with van der Waals surface area (Å²) in [6.07, 6.45) is 4.93. The molecule has 0 aliphatic carbocycles. The molecule has 7 heteroatoms. The van der Waals surface area contributed by atoms with E-state index in [4.69, 9.17) is 4.74 Å². The Labute approximate surface area is 154 Å². The van der Waals surface area contributed by atoms with Gasteiger partial charge in [-0.1, -0.05) is 6.07 Å². The predicted octanol–water partition coefficient (Wildman–Crippen LogP) is 1.95. The second kappa shape index (κ2) is 8.31. The third-order valence-corrected chi connectivity index (χ3v) is 4.34. The van der Waals surface area contributed by atoms with Gasteiger partial charge in [0.2, 0.25) is 5.88 Å². The minimum Gasteiger partial charge on any atom is -0.475 e. The van der Waals surface area contributed by atoms with Gasteiger partial charge < -0.3 is 9.64 Å². The van der Waals surface area contributed by atoms with Gasteiger partial charge >= 0.3 is 0 Å². The molecule has 0 radical (unpaired) electrons. The van der Waals surface area contributed by atoms with Gasteiger partial charge in [0.25, 0.3) is 5.91 Å². The Morgan fingerprint density at radius 3 is 2.81 bits per heavy atom. The molecule has 140 valence electrons. The summed E-state index contributed by atoms with van der Waals surface area (Å²) in [6.45, 7) is 8.04. The summed E-state index contributed by atoms with van der Waals surface area (Å²) in [5.74, 6) is 0.473. The van der Waals surface area contributed by atoms with E-state index in [1.165, 1.54) is 5.56 Å². The Morgan fingerprint density at radius 2 is 2.08 bits per heavy atom. The standard InChI is InChI=1S/C19H27N5O2/c1-15(2)26-18-7-4-6-17(21-18)19(25)24-9-5-8-23(10-11-24)14-16-12-20-22(3)13-16/h4,6-7,12-13,15H,5,8-11,14H2,1-3H3. The van der Waals surface area contributed by atoms with Gasteiger partial charge in [0.15, 0.2) is 0 Å². The van der Waals surface area contributed by atoms with Gasteiger partial charge in [0.1, 0.15) is 5.69 Å². The molecule has 0 unspecified atom stereocenters. The number of hydrogen-bond acceptors (Lipinski definition) is 5. The molecule has 1 aliphatic rings. The first-order chi connectivity index (χ1) is 12.5. The molecule has 2 aromatic rings. The third-order valence-electron chi connectivity index (χ3n) is 4.34. The van der Waals surface area contributed by atoms with Crippen LogP contribution in [0.3, 0.4) is 0 Å². The van der Waals surface area contributed by atoms with Crippen LogP contribution in [0.15, 0.2) is 30.6 Å². The second-order valence-corrected chi connectivity index (χ2v) is 6.97. The molecule has 1 amide bonds. The highest BCUT2D eigenvalue weighted by Crippen LogP contribution is 2.14. The van der Waals surface area contributed by atoms with Crippen molar-refractivity contribution < 1.29 is 9.53 Å². The van der Waals surface area contributed by atoms with Crippen molar-refractivity contribution in [3.8, 4) is 5.88 Å². The number of rotatable bonds is 5. The maximum absolute atomic E-state index is 12.8. The number of carbonyl (C=O) groups is 1. The van der Waals surface area contributed by atoms with Crippen molar-refractivity contribution in [2.45, 2.75) is 32.9 Å². The fourth-order valence-electron chi connectivity index (χ4n) is 3.15. The van der Waals surface area contributed by atoms with Gasteiger partial charge in [-0.25, -0.2) is 4.98 Å². The minimum absolute atomic E-state index is 0.0255. The van der Waals surface area contributed by atoms with Gasteiger partial charge in [-0.2, -0.15) is 5.10 Å². The lowest BCUT2D eigenvalue weighted by molar-refractivity contribution is 0.0753. The van der Waals surface area contributed by atoms with E-state index in [9.17, 15) is 4.79 Å². The maximum atomic E-state index is 12.8. The van der Waals surface area contributed by atoms with Crippen molar-refractivity contribution in [3.05, 3.63) is 41.9 Å². The van der Waals surface area contributed by atoms with Crippen molar-refractivity contribution >= 4 is 5.91 Å². The highest BCUT2D eigenvalue weighted by atomic mass is 16.5. The molecule has 1 saturated heterocycles. The van der Waals surface area contributed by atoms with Gasteiger partial charge in [0.05, 0.1) is 12.3 Å². The molecule has 7 nitrogen and oxygen atoms in total. The topological polar surface area (TPSA) is 63.5 Å². The lowest BCUT2D eigenvalue weighted by atomic mass is 10.3. The van der Waals surface area contributed by atoms with Gasteiger partial charge in [-0.3, -0.25) is 14.4 Å². The molecular weight excluding hydrogens is 330 g/mol. The molecule has 0 bridgehead atoms. The monoisotopic (exact) mass is 357 g/mol. The van der Waals surface area contributed by atoms with Crippen LogP contribution in [0.2, 0.25) is 0 Å². The summed E-state index contributed by atoms with van der Waals surface area (Å²) in [5, 5.41) is 4.22. The van der Waals surface area contributed by atoms with E-state index in [1.54, 1.807) is 12.1 Å². The van der Waals surface area contributed by atoms with Crippen LogP contribution < -0.4 is 4.74 Å². The van der Waals surface area contributed by atoms with Crippen LogP contribution in [-0.2, 0) is 13.6 Å². The third kappa shape index (κ3) is 4.82. The van der Waals surface area contributed by atoms with E-state index in [0.717, 1.165) is 32.6 Å². The number of nitrogens with zero attached hydrogens (tertiary/aromatic N) is 5. The molecule has 1 aliphatic heterocycles. The highest BCUT2D eigenvalue weighted by Gasteiger charge is 2.22. The van der Waals surface area contributed by atoms with Crippen LogP contribution >= 0.6 is 0 Å². The quantitative estimate of drug-likeness (QED) is 0.818. The van der Waals surface area contributed by atoms with Crippen molar-refractivity contribution in [3.63, 3.8) is 0 Å². The van der Waals surface area contributed by atoms with E-state index in [1.807, 2.05) is 48.9 Å². The Bertz CT molecular complexity index is 743. The SMILES string of the molecule is CC(C)Oc1cccc(C(=O)N2CCCN(Cc3cnn(C)c3)CC2)n1. The first-order valence-electron chi connectivity index (χ1n) is 9.14. The molecule has 0 N–H and O–H groups in total. The Hall–Kier alpha value is -2.41. The highest BCUT2D eigenvalue weighted by molar-refractivity contribution is 5.92. The molecule has 2 aromatic heterocycles. The maximum Gasteiger partial charge on any atom is 0.272 e. The fraction of sp³-hybridized carbons (Fsp3) is 0.526. The van der Waals surface area contributed by atoms with Crippen molar-refractivity contribution in [1.29, 1.82) is 0 Å². The zero-order valence-corrected chi connectivity index (χ0v) is 15.8. The molecule has 0 atom stereocenters. The summed E-state index contributed by atoms with van der Waals surface area (Å²) < 4.78 is 7.42. The average molecular weight is 357 g/mol. The first-order valence-corrected chi connectivity index (χ1v) is 9.14. The van der Waals surface area contributed by atoms with E-state index in [-0.39, 0.29) is 12.0 Å². The summed E-state index contributed by atoms with van der Waals surface area (Å²) >= 11 is 0. The summed E-state index contributed by atoms with van der Waals surface area (Å²) in [4.78, 5) is 21.5. The minimum atomic E-state index is -0.0255. The summed E-state index contributed by atoms with van der Waals surface area (Å²) in [5.41, 5.74) is 1.65. The van der Waals surface area contributed by atoms with E-state index >= 15 is 0 Å². The largest absolute Gasteiger partial charge is 0.475 e. The Kier molecular flexibility index (Phi) is 5.88. The fourth-order valence-corrected chi connectivity index (χ4v) is 3.15. The van der Waals surface area contributed by atoms with Crippen LogP contribution in [0, 0.1) is 0 Å². The first kappa shape index (κ1) is 18.4. The molecule has 1 fully saturated rings. The average Bonchev–Trinajstić information content (AvgIpc) is 2.87. The van der Waals surface area contributed by atoms with E-state index in [2.05, 4.69) is 15.0 Å². The molecule has 0 aromatic carbocycles. The van der Waals surface area contributed by atoms with Crippen molar-refractivity contribution in [1.82, 2.24) is 24.6 Å². The van der Waals surface area contributed by atoms with Crippen molar-refractivity contribution in [2.75, 3.05) is 26.2 Å². The molecular formula is C19H27N5O2. The number of amides is 1. The summed E-state index contributed by atoms with van der Waals surface area (Å²) in [7, 11) is 1.93. The number of hydrogen-bond donors (Lipinski definition) is 0. The van der Waals surface area contributed by atoms with Gasteiger partial charge in [-0.05, 0) is 26.3 Å². The number of aromatic nitrogens is 3. The van der Waals surface area contributed by atoms with Crippen LogP contribution in [0.4, 0.5) is 0 Å². The second-order valence-electron chi connectivity index (χ2n) is 6.97.